The number of ether oxygens (including phenoxy) is 4. The van der Waals surface area contributed by atoms with Gasteiger partial charge in [0.25, 0.3) is 10.1 Å². The van der Waals surface area contributed by atoms with Crippen LogP contribution in [0.5, 0.6) is 5.75 Å². The maximum atomic E-state index is 12.1. The molecule has 0 saturated carbocycles. The van der Waals surface area contributed by atoms with Gasteiger partial charge in [-0.05, 0) is 76.8 Å². The van der Waals surface area contributed by atoms with Gasteiger partial charge in [0.05, 0.1) is 62.3 Å². The minimum absolute atomic E-state index is 0.0555. The lowest BCUT2D eigenvalue weighted by molar-refractivity contribution is 0.00528. The minimum atomic E-state index is -3.77. The lowest BCUT2D eigenvalue weighted by atomic mass is 9.76. The molecule has 0 radical (unpaired) electrons. The Hall–Kier alpha value is -1.99. The highest BCUT2D eigenvalue weighted by atomic mass is 32.2. The van der Waals surface area contributed by atoms with Gasteiger partial charge in [-0.15, -0.1) is 0 Å². The summed E-state index contributed by atoms with van der Waals surface area (Å²) in [7, 11) is -4.17. The highest BCUT2D eigenvalue weighted by molar-refractivity contribution is 7.86. The molecule has 0 atom stereocenters. The molecule has 0 unspecified atom stereocenters. The second-order valence-corrected chi connectivity index (χ2v) is 12.0. The molecule has 1 saturated heterocycles. The predicted molar refractivity (Wildman–Crippen MR) is 149 cm³/mol. The first-order valence-electron chi connectivity index (χ1n) is 13.2. The lowest BCUT2D eigenvalue weighted by Gasteiger charge is -2.32. The van der Waals surface area contributed by atoms with Crippen LogP contribution in [0.2, 0.25) is 0 Å². The summed E-state index contributed by atoms with van der Waals surface area (Å²) in [5.41, 5.74) is 2.26. The van der Waals surface area contributed by atoms with Gasteiger partial charge < -0.3 is 28.3 Å². The predicted octanol–water partition coefficient (Wildman–Crippen LogP) is 3.44. The summed E-state index contributed by atoms with van der Waals surface area (Å²) in [6, 6.07) is 12.4. The molecule has 39 heavy (non-hydrogen) atoms. The topological polar surface area (TPSA) is 98.8 Å². The van der Waals surface area contributed by atoms with Gasteiger partial charge in [-0.25, -0.2) is 0 Å². The molecule has 0 aliphatic carbocycles. The van der Waals surface area contributed by atoms with Crippen molar-refractivity contribution >= 4 is 22.7 Å². The highest BCUT2D eigenvalue weighted by Gasteiger charge is 2.52. The molecule has 0 aromatic heterocycles. The average Bonchev–Trinajstić information content (AvgIpc) is 3.08. The average molecular weight is 565 g/mol. The smallest absolute Gasteiger partial charge is 0.491 e. The van der Waals surface area contributed by atoms with Crippen molar-refractivity contribution < 1.29 is 40.9 Å². The molecule has 2 aromatic carbocycles. The second-order valence-electron chi connectivity index (χ2n) is 10.4. The van der Waals surface area contributed by atoms with Crippen LogP contribution in [0.25, 0.3) is 0 Å². The Kier molecular flexibility index (Phi) is 11.4. The molecule has 0 spiro atoms. The SMILES string of the molecule is Cc1ccc(S(=O)(=O)OCCOCCOCCOCCOc2ccc(B3OC(C)(C)C(C)(C)O3)c(C)c2)cc1. The minimum Gasteiger partial charge on any atom is -0.491 e. The zero-order chi connectivity index (χ0) is 28.5. The van der Waals surface area contributed by atoms with E-state index in [0.717, 1.165) is 22.3 Å². The van der Waals surface area contributed by atoms with Gasteiger partial charge in [0.2, 0.25) is 0 Å². The first-order valence-corrected chi connectivity index (χ1v) is 14.6. The van der Waals surface area contributed by atoms with Crippen molar-refractivity contribution in [2.24, 2.45) is 0 Å². The van der Waals surface area contributed by atoms with Crippen molar-refractivity contribution in [3.8, 4) is 5.75 Å². The van der Waals surface area contributed by atoms with Crippen molar-refractivity contribution in [3.63, 3.8) is 0 Å². The molecule has 2 aromatic rings. The molecular formula is C28H41BO9S. The summed E-state index contributed by atoms with van der Waals surface area (Å²) < 4.78 is 63.6. The van der Waals surface area contributed by atoms with Gasteiger partial charge in [0.1, 0.15) is 12.4 Å². The summed E-state index contributed by atoms with van der Waals surface area (Å²) in [6.45, 7) is 14.6. The van der Waals surface area contributed by atoms with E-state index in [0.29, 0.717) is 39.6 Å². The van der Waals surface area contributed by atoms with Crippen molar-refractivity contribution in [2.75, 3.05) is 52.9 Å². The molecule has 1 aliphatic heterocycles. The van der Waals surface area contributed by atoms with E-state index in [4.69, 9.17) is 32.4 Å². The third kappa shape index (κ3) is 9.28. The fourth-order valence-electron chi connectivity index (χ4n) is 3.71. The molecule has 0 amide bonds. The molecule has 0 bridgehead atoms. The third-order valence-corrected chi connectivity index (χ3v) is 8.09. The van der Waals surface area contributed by atoms with Gasteiger partial charge in [-0.2, -0.15) is 8.42 Å². The highest BCUT2D eigenvalue weighted by Crippen LogP contribution is 2.36. The third-order valence-electron chi connectivity index (χ3n) is 6.76. The molecule has 216 valence electrons. The normalized spacial score (nSPS) is 16.5. The number of hydrogen-bond donors (Lipinski definition) is 0. The number of aryl methyl sites for hydroxylation is 2. The van der Waals surface area contributed by atoms with E-state index in [1.807, 2.05) is 59.7 Å². The standard InChI is InChI=1S/C28H41BO9S/c1-22-7-10-25(11-8-22)39(30,31)36-20-18-34-16-14-32-13-15-33-17-19-35-24-9-12-26(23(2)21-24)29-37-27(3,4)28(5,6)38-29/h7-12,21H,13-20H2,1-6H3. The van der Waals surface area contributed by atoms with Crippen LogP contribution in [-0.4, -0.2) is 79.6 Å². The lowest BCUT2D eigenvalue weighted by Crippen LogP contribution is -2.41. The quantitative estimate of drug-likeness (QED) is 0.173. The first kappa shape index (κ1) is 31.5. The van der Waals surface area contributed by atoms with E-state index in [1.165, 1.54) is 12.1 Å². The molecule has 0 N–H and O–H groups in total. The van der Waals surface area contributed by atoms with Gasteiger partial charge >= 0.3 is 7.12 Å². The maximum absolute atomic E-state index is 12.1. The number of benzene rings is 2. The number of hydrogen-bond acceptors (Lipinski definition) is 9. The first-order chi connectivity index (χ1) is 18.4. The van der Waals surface area contributed by atoms with E-state index in [1.54, 1.807) is 12.1 Å². The molecule has 3 rings (SSSR count). The Morgan fingerprint density at radius 3 is 1.77 bits per heavy atom. The molecule has 11 heteroatoms. The van der Waals surface area contributed by atoms with Crippen LogP contribution >= 0.6 is 0 Å². The van der Waals surface area contributed by atoms with Crippen LogP contribution < -0.4 is 10.2 Å². The molecule has 1 fully saturated rings. The van der Waals surface area contributed by atoms with Crippen LogP contribution in [0.3, 0.4) is 0 Å². The molecular weight excluding hydrogens is 523 g/mol. The zero-order valence-electron chi connectivity index (χ0n) is 23.9. The molecule has 1 heterocycles. The summed E-state index contributed by atoms with van der Waals surface area (Å²) in [5.74, 6) is 0.764. The fraction of sp³-hybridized carbons (Fsp3) is 0.571. The van der Waals surface area contributed by atoms with Crippen molar-refractivity contribution in [1.82, 2.24) is 0 Å². The Bertz CT molecular complexity index is 1130. The Balaban J connectivity index is 1.19. The number of rotatable bonds is 16. The Morgan fingerprint density at radius 1 is 0.718 bits per heavy atom. The van der Waals surface area contributed by atoms with Crippen LogP contribution in [0.1, 0.15) is 38.8 Å². The van der Waals surface area contributed by atoms with Crippen molar-refractivity contribution in [2.45, 2.75) is 57.6 Å². The van der Waals surface area contributed by atoms with Gasteiger partial charge in [0, 0.05) is 0 Å². The fourth-order valence-corrected chi connectivity index (χ4v) is 4.60. The monoisotopic (exact) mass is 564 g/mol. The van der Waals surface area contributed by atoms with Crippen LogP contribution in [-0.2, 0) is 37.8 Å². The second kappa shape index (κ2) is 14.1. The largest absolute Gasteiger partial charge is 0.495 e. The van der Waals surface area contributed by atoms with Gasteiger partial charge in [-0.1, -0.05) is 23.8 Å². The van der Waals surface area contributed by atoms with Crippen molar-refractivity contribution in [3.05, 3.63) is 53.6 Å². The summed E-state index contributed by atoms with van der Waals surface area (Å²) in [5, 5.41) is 0. The van der Waals surface area contributed by atoms with Gasteiger partial charge in [-0.3, -0.25) is 4.18 Å². The van der Waals surface area contributed by atoms with Crippen molar-refractivity contribution in [1.29, 1.82) is 0 Å². The maximum Gasteiger partial charge on any atom is 0.495 e. The van der Waals surface area contributed by atoms with E-state index >= 15 is 0 Å². The van der Waals surface area contributed by atoms with Gasteiger partial charge in [0.15, 0.2) is 0 Å². The van der Waals surface area contributed by atoms with E-state index in [9.17, 15) is 8.42 Å². The zero-order valence-corrected chi connectivity index (χ0v) is 24.7. The summed E-state index contributed by atoms with van der Waals surface area (Å²) in [4.78, 5) is 0.132. The van der Waals surface area contributed by atoms with Crippen LogP contribution in [0, 0.1) is 13.8 Å². The van der Waals surface area contributed by atoms with Crippen LogP contribution in [0.15, 0.2) is 47.4 Å². The molecule has 9 nitrogen and oxygen atoms in total. The van der Waals surface area contributed by atoms with Crippen LogP contribution in [0.4, 0.5) is 0 Å². The molecule has 1 aliphatic rings. The Labute approximate surface area is 233 Å². The Morgan fingerprint density at radius 2 is 1.23 bits per heavy atom. The van der Waals surface area contributed by atoms with E-state index in [2.05, 4.69) is 0 Å². The van der Waals surface area contributed by atoms with E-state index < -0.39 is 17.2 Å². The summed E-state index contributed by atoms with van der Waals surface area (Å²) in [6.07, 6.45) is 0. The summed E-state index contributed by atoms with van der Waals surface area (Å²) >= 11 is 0. The van der Waals surface area contributed by atoms with E-state index in [-0.39, 0.29) is 29.3 Å².